The summed E-state index contributed by atoms with van der Waals surface area (Å²) in [6, 6.07) is 9.70. The molecule has 2 aromatic carbocycles. The van der Waals surface area contributed by atoms with Crippen LogP contribution in [-0.2, 0) is 0 Å². The fourth-order valence-corrected chi connectivity index (χ4v) is 3.17. The number of anilines is 1. The number of aromatic nitrogens is 4. The van der Waals surface area contributed by atoms with E-state index in [9.17, 15) is 9.18 Å². The van der Waals surface area contributed by atoms with Crippen LogP contribution < -0.4 is 5.32 Å². The first-order chi connectivity index (χ1) is 14.3. The van der Waals surface area contributed by atoms with Gasteiger partial charge in [-0.1, -0.05) is 28.9 Å². The Morgan fingerprint density at radius 3 is 2.67 bits per heavy atom. The van der Waals surface area contributed by atoms with E-state index in [1.165, 1.54) is 18.2 Å². The number of aryl methyl sites for hydroxylation is 3. The normalized spacial score (nSPS) is 11.0. The summed E-state index contributed by atoms with van der Waals surface area (Å²) in [5, 5.41) is 11.1. The standard InChI is InChI=1S/C21H17ClFN5O2/c1-11-4-5-14(20-24-13(3)30-27-20)8-19(11)28-10-16(12(2)26-28)21(29)25-15-6-7-18(23)17(22)9-15/h4-10H,1-3H3,(H,25,29). The molecule has 0 bridgehead atoms. The lowest BCUT2D eigenvalue weighted by Gasteiger charge is -2.07. The Morgan fingerprint density at radius 2 is 1.97 bits per heavy atom. The molecule has 0 radical (unpaired) electrons. The lowest BCUT2D eigenvalue weighted by Crippen LogP contribution is -2.12. The van der Waals surface area contributed by atoms with Crippen LogP contribution in [0.2, 0.25) is 5.02 Å². The van der Waals surface area contributed by atoms with Crippen molar-refractivity contribution in [2.24, 2.45) is 0 Å². The van der Waals surface area contributed by atoms with Gasteiger partial charge in [-0.25, -0.2) is 9.07 Å². The van der Waals surface area contributed by atoms with Gasteiger partial charge in [0.1, 0.15) is 5.82 Å². The largest absolute Gasteiger partial charge is 0.339 e. The highest BCUT2D eigenvalue weighted by Crippen LogP contribution is 2.24. The zero-order valence-electron chi connectivity index (χ0n) is 16.4. The van der Waals surface area contributed by atoms with E-state index >= 15 is 0 Å². The number of carbonyl (C=O) groups is 1. The molecule has 1 N–H and O–H groups in total. The van der Waals surface area contributed by atoms with Gasteiger partial charge in [0.2, 0.25) is 11.7 Å². The smallest absolute Gasteiger partial charge is 0.259 e. The number of rotatable bonds is 4. The molecule has 0 fully saturated rings. The van der Waals surface area contributed by atoms with E-state index in [0.29, 0.717) is 28.7 Å². The van der Waals surface area contributed by atoms with Crippen LogP contribution in [0.15, 0.2) is 47.1 Å². The molecule has 0 unspecified atom stereocenters. The average Bonchev–Trinajstić information content (AvgIpc) is 3.31. The molecule has 0 aliphatic rings. The molecule has 0 saturated heterocycles. The first kappa shape index (κ1) is 19.8. The predicted molar refractivity (Wildman–Crippen MR) is 110 cm³/mol. The first-order valence-corrected chi connectivity index (χ1v) is 9.44. The molecule has 0 saturated carbocycles. The number of nitrogens with one attached hydrogen (secondary N) is 1. The Morgan fingerprint density at radius 1 is 1.17 bits per heavy atom. The van der Waals surface area contributed by atoms with Crippen LogP contribution in [0.5, 0.6) is 0 Å². The monoisotopic (exact) mass is 425 g/mol. The fourth-order valence-electron chi connectivity index (χ4n) is 2.99. The Labute approximate surface area is 176 Å². The molecule has 0 spiro atoms. The van der Waals surface area contributed by atoms with Crippen molar-refractivity contribution in [3.05, 3.63) is 76.1 Å². The maximum absolute atomic E-state index is 13.3. The van der Waals surface area contributed by atoms with E-state index in [0.717, 1.165) is 16.8 Å². The fraction of sp³-hybridized carbons (Fsp3) is 0.143. The van der Waals surface area contributed by atoms with Crippen molar-refractivity contribution in [2.45, 2.75) is 20.8 Å². The molecule has 0 aliphatic carbocycles. The van der Waals surface area contributed by atoms with Crippen molar-refractivity contribution < 1.29 is 13.7 Å². The van der Waals surface area contributed by atoms with Gasteiger partial charge in [-0.3, -0.25) is 4.79 Å². The Balaban J connectivity index is 1.65. The highest BCUT2D eigenvalue weighted by atomic mass is 35.5. The molecule has 0 aliphatic heterocycles. The minimum Gasteiger partial charge on any atom is -0.339 e. The summed E-state index contributed by atoms with van der Waals surface area (Å²) >= 11 is 5.78. The highest BCUT2D eigenvalue weighted by Gasteiger charge is 2.17. The van der Waals surface area contributed by atoms with Crippen LogP contribution >= 0.6 is 11.6 Å². The third-order valence-corrected chi connectivity index (χ3v) is 4.85. The summed E-state index contributed by atoms with van der Waals surface area (Å²) in [5.41, 5.74) is 3.83. The molecule has 152 valence electrons. The summed E-state index contributed by atoms with van der Waals surface area (Å²) < 4.78 is 20.0. The maximum atomic E-state index is 13.3. The number of amides is 1. The number of nitrogens with zero attached hydrogens (tertiary/aromatic N) is 4. The molecule has 4 aromatic rings. The van der Waals surface area contributed by atoms with Crippen molar-refractivity contribution in [2.75, 3.05) is 5.32 Å². The van der Waals surface area contributed by atoms with Gasteiger partial charge in [0, 0.05) is 24.4 Å². The number of carbonyl (C=O) groups excluding carboxylic acids is 1. The summed E-state index contributed by atoms with van der Waals surface area (Å²) in [5.74, 6) is 0.0283. The number of benzene rings is 2. The van der Waals surface area contributed by atoms with E-state index in [2.05, 4.69) is 20.6 Å². The van der Waals surface area contributed by atoms with Crippen molar-refractivity contribution in [1.29, 1.82) is 0 Å². The summed E-state index contributed by atoms with van der Waals surface area (Å²) in [6.45, 7) is 5.41. The van der Waals surface area contributed by atoms with Gasteiger partial charge in [-0.05, 0) is 43.7 Å². The van der Waals surface area contributed by atoms with E-state index in [4.69, 9.17) is 16.1 Å². The molecule has 0 atom stereocenters. The summed E-state index contributed by atoms with van der Waals surface area (Å²) in [4.78, 5) is 17.0. The second-order valence-corrected chi connectivity index (χ2v) is 7.20. The Bertz CT molecular complexity index is 1260. The van der Waals surface area contributed by atoms with Crippen LogP contribution in [-0.4, -0.2) is 25.8 Å². The van der Waals surface area contributed by atoms with Gasteiger partial charge < -0.3 is 9.84 Å². The van der Waals surface area contributed by atoms with Crippen molar-refractivity contribution in [1.82, 2.24) is 19.9 Å². The molecule has 7 nitrogen and oxygen atoms in total. The number of hydrogen-bond acceptors (Lipinski definition) is 5. The lowest BCUT2D eigenvalue weighted by atomic mass is 10.1. The zero-order chi connectivity index (χ0) is 21.4. The van der Waals surface area contributed by atoms with Gasteiger partial charge in [0.05, 0.1) is 22.0 Å². The molecular formula is C21H17ClFN5O2. The molecule has 30 heavy (non-hydrogen) atoms. The number of hydrogen-bond donors (Lipinski definition) is 1. The van der Waals surface area contributed by atoms with Gasteiger partial charge in [-0.2, -0.15) is 10.1 Å². The van der Waals surface area contributed by atoms with Gasteiger partial charge in [-0.15, -0.1) is 0 Å². The van der Waals surface area contributed by atoms with Crippen LogP contribution in [0.4, 0.5) is 10.1 Å². The Kier molecular flexibility index (Phi) is 5.09. The van der Waals surface area contributed by atoms with Gasteiger partial charge >= 0.3 is 0 Å². The SMILES string of the molecule is Cc1nc(-c2ccc(C)c(-n3cc(C(=O)Nc4ccc(F)c(Cl)c4)c(C)n3)c2)no1. The molecule has 1 amide bonds. The minimum absolute atomic E-state index is 0.0654. The van der Waals surface area contributed by atoms with E-state index in [-0.39, 0.29) is 10.9 Å². The molecule has 2 aromatic heterocycles. The van der Waals surface area contributed by atoms with E-state index < -0.39 is 5.82 Å². The van der Waals surface area contributed by atoms with Gasteiger partial charge in [0.25, 0.3) is 5.91 Å². The predicted octanol–water partition coefficient (Wildman–Crippen LogP) is 4.89. The number of halogens is 2. The van der Waals surface area contributed by atoms with Crippen LogP contribution in [0.25, 0.3) is 17.1 Å². The van der Waals surface area contributed by atoms with Crippen LogP contribution in [0.3, 0.4) is 0 Å². The van der Waals surface area contributed by atoms with E-state index in [1.54, 1.807) is 24.7 Å². The quantitative estimate of drug-likeness (QED) is 0.503. The molecule has 4 rings (SSSR count). The third-order valence-electron chi connectivity index (χ3n) is 4.56. The summed E-state index contributed by atoms with van der Waals surface area (Å²) in [6.07, 6.45) is 1.64. The van der Waals surface area contributed by atoms with Crippen molar-refractivity contribution >= 4 is 23.2 Å². The minimum atomic E-state index is -0.550. The highest BCUT2D eigenvalue weighted by molar-refractivity contribution is 6.31. The van der Waals surface area contributed by atoms with Crippen LogP contribution in [0, 0.1) is 26.6 Å². The van der Waals surface area contributed by atoms with Crippen molar-refractivity contribution in [3.8, 4) is 17.1 Å². The second-order valence-electron chi connectivity index (χ2n) is 6.79. The molecule has 2 heterocycles. The van der Waals surface area contributed by atoms with Crippen molar-refractivity contribution in [3.63, 3.8) is 0 Å². The summed E-state index contributed by atoms with van der Waals surface area (Å²) in [7, 11) is 0. The van der Waals surface area contributed by atoms with E-state index in [1.807, 2.05) is 25.1 Å². The molecule has 9 heteroatoms. The lowest BCUT2D eigenvalue weighted by molar-refractivity contribution is 0.102. The van der Waals surface area contributed by atoms with Crippen LogP contribution in [0.1, 0.15) is 27.5 Å². The second kappa shape index (κ2) is 7.72. The maximum Gasteiger partial charge on any atom is 0.259 e. The first-order valence-electron chi connectivity index (χ1n) is 9.06. The zero-order valence-corrected chi connectivity index (χ0v) is 17.2. The topological polar surface area (TPSA) is 85.8 Å². The average molecular weight is 426 g/mol. The third kappa shape index (κ3) is 3.81. The Hall–Kier alpha value is -3.52. The molecular weight excluding hydrogens is 409 g/mol. The van der Waals surface area contributed by atoms with Gasteiger partial charge in [0.15, 0.2) is 0 Å².